The summed E-state index contributed by atoms with van der Waals surface area (Å²) in [5, 5.41) is 0. The highest BCUT2D eigenvalue weighted by molar-refractivity contribution is 5.62. The summed E-state index contributed by atoms with van der Waals surface area (Å²) < 4.78 is 5.73. The monoisotopic (exact) mass is 277 g/mol. The number of carbonyl (C=O) groups excluding carboxylic acids is 1. The van der Waals surface area contributed by atoms with E-state index in [-0.39, 0.29) is 6.10 Å². The van der Waals surface area contributed by atoms with Gasteiger partial charge in [-0.25, -0.2) is 0 Å². The minimum atomic E-state index is 0.108. The van der Waals surface area contributed by atoms with Crippen molar-refractivity contribution in [2.45, 2.75) is 20.0 Å². The van der Waals surface area contributed by atoms with Crippen LogP contribution in [0.1, 0.15) is 13.8 Å². The molecule has 0 bridgehead atoms. The predicted molar refractivity (Wildman–Crippen MR) is 81.3 cm³/mol. The van der Waals surface area contributed by atoms with Gasteiger partial charge in [-0.15, -0.1) is 0 Å². The number of nitrogen functional groups attached to an aromatic ring is 1. The Balaban J connectivity index is 2.04. The molecule has 1 aromatic rings. The normalized spacial score (nSPS) is 16.4. The minimum Gasteiger partial charge on any atom is -0.489 e. The second-order valence-electron chi connectivity index (χ2n) is 5.34. The molecule has 5 nitrogen and oxygen atoms in total. The van der Waals surface area contributed by atoms with Crippen molar-refractivity contribution in [1.82, 2.24) is 4.90 Å². The second kappa shape index (κ2) is 6.61. The molecule has 2 rings (SSSR count). The Morgan fingerprint density at radius 3 is 2.60 bits per heavy atom. The molecule has 1 heterocycles. The smallest absolute Gasteiger partial charge is 0.144 e. The van der Waals surface area contributed by atoms with Gasteiger partial charge in [0, 0.05) is 37.9 Å². The number of rotatable bonds is 5. The van der Waals surface area contributed by atoms with Crippen LogP contribution in [0.25, 0.3) is 0 Å². The van der Waals surface area contributed by atoms with Gasteiger partial charge in [-0.05, 0) is 26.0 Å². The van der Waals surface area contributed by atoms with Gasteiger partial charge < -0.3 is 20.2 Å². The zero-order valence-corrected chi connectivity index (χ0v) is 12.2. The first-order valence-electron chi connectivity index (χ1n) is 7.07. The van der Waals surface area contributed by atoms with Gasteiger partial charge in [-0.1, -0.05) is 0 Å². The third-order valence-corrected chi connectivity index (χ3v) is 3.43. The van der Waals surface area contributed by atoms with E-state index >= 15 is 0 Å². The molecule has 2 N–H and O–H groups in total. The van der Waals surface area contributed by atoms with E-state index in [1.807, 2.05) is 32.0 Å². The summed E-state index contributed by atoms with van der Waals surface area (Å²) in [6, 6.07) is 5.92. The second-order valence-corrected chi connectivity index (χ2v) is 5.34. The van der Waals surface area contributed by atoms with Crippen molar-refractivity contribution in [2.24, 2.45) is 0 Å². The van der Waals surface area contributed by atoms with E-state index in [1.165, 1.54) is 0 Å². The highest BCUT2D eigenvalue weighted by atomic mass is 16.5. The fourth-order valence-corrected chi connectivity index (χ4v) is 2.37. The summed E-state index contributed by atoms with van der Waals surface area (Å²) in [5.74, 6) is 0.743. The van der Waals surface area contributed by atoms with Gasteiger partial charge >= 0.3 is 0 Å². The fraction of sp³-hybridized carbons (Fsp3) is 0.533. The molecule has 1 aliphatic rings. The zero-order valence-electron chi connectivity index (χ0n) is 12.2. The molecule has 1 aromatic carbocycles. The van der Waals surface area contributed by atoms with Crippen molar-refractivity contribution in [3.63, 3.8) is 0 Å². The first-order valence-corrected chi connectivity index (χ1v) is 7.07. The number of nitrogens with two attached hydrogens (primary N) is 1. The number of carbonyl (C=O) groups is 1. The van der Waals surface area contributed by atoms with Crippen molar-refractivity contribution < 1.29 is 9.53 Å². The molecule has 0 spiro atoms. The summed E-state index contributed by atoms with van der Waals surface area (Å²) >= 11 is 0. The van der Waals surface area contributed by atoms with Crippen LogP contribution in [0.4, 0.5) is 11.4 Å². The highest BCUT2D eigenvalue weighted by Gasteiger charge is 2.17. The van der Waals surface area contributed by atoms with Gasteiger partial charge in [0.1, 0.15) is 12.0 Å². The minimum absolute atomic E-state index is 0.108. The van der Waals surface area contributed by atoms with Crippen LogP contribution in [0.2, 0.25) is 0 Å². The van der Waals surface area contributed by atoms with Crippen molar-refractivity contribution in [3.05, 3.63) is 18.2 Å². The first-order chi connectivity index (χ1) is 9.60. The molecule has 0 unspecified atom stereocenters. The highest BCUT2D eigenvalue weighted by Crippen LogP contribution is 2.29. The molecule has 1 saturated heterocycles. The van der Waals surface area contributed by atoms with Crippen LogP contribution in [0.3, 0.4) is 0 Å². The Bertz CT molecular complexity index is 454. The van der Waals surface area contributed by atoms with Gasteiger partial charge in [-0.3, -0.25) is 4.90 Å². The largest absolute Gasteiger partial charge is 0.489 e. The summed E-state index contributed by atoms with van der Waals surface area (Å²) in [7, 11) is 0. The van der Waals surface area contributed by atoms with Crippen molar-refractivity contribution >= 4 is 17.7 Å². The van der Waals surface area contributed by atoms with Crippen LogP contribution < -0.4 is 15.4 Å². The third kappa shape index (κ3) is 3.63. The maximum Gasteiger partial charge on any atom is 0.144 e. The van der Waals surface area contributed by atoms with Crippen molar-refractivity contribution in [2.75, 3.05) is 43.4 Å². The summed E-state index contributed by atoms with van der Waals surface area (Å²) in [6.07, 6.45) is 1.07. The average molecular weight is 277 g/mol. The van der Waals surface area contributed by atoms with E-state index in [0.29, 0.717) is 12.2 Å². The topological polar surface area (TPSA) is 58.8 Å². The Kier molecular flexibility index (Phi) is 4.84. The van der Waals surface area contributed by atoms with Gasteiger partial charge in [0.05, 0.1) is 18.3 Å². The molecule has 0 radical (unpaired) electrons. The van der Waals surface area contributed by atoms with Crippen molar-refractivity contribution in [1.29, 1.82) is 0 Å². The number of aldehydes is 1. The van der Waals surface area contributed by atoms with Crippen LogP contribution in [0.15, 0.2) is 18.2 Å². The van der Waals surface area contributed by atoms with E-state index in [2.05, 4.69) is 9.80 Å². The molecule has 110 valence electrons. The SMILES string of the molecule is CC(C)Oc1cc(N2CCN(CC=O)CC2)ccc1N. The van der Waals surface area contributed by atoms with Crippen molar-refractivity contribution in [3.8, 4) is 5.75 Å². The maximum atomic E-state index is 10.5. The lowest BCUT2D eigenvalue weighted by Crippen LogP contribution is -2.46. The zero-order chi connectivity index (χ0) is 14.5. The molecule has 1 fully saturated rings. The number of hydrogen-bond donors (Lipinski definition) is 1. The third-order valence-electron chi connectivity index (χ3n) is 3.43. The van der Waals surface area contributed by atoms with E-state index in [1.54, 1.807) is 0 Å². The van der Waals surface area contributed by atoms with E-state index in [9.17, 15) is 4.79 Å². The quantitative estimate of drug-likeness (QED) is 0.651. The van der Waals surface area contributed by atoms with Gasteiger partial charge in [0.2, 0.25) is 0 Å². The lowest BCUT2D eigenvalue weighted by Gasteiger charge is -2.35. The predicted octanol–water partition coefficient (Wildman–Crippen LogP) is 1.38. The number of nitrogens with zero attached hydrogens (tertiary/aromatic N) is 2. The molecule has 20 heavy (non-hydrogen) atoms. The standard InChI is InChI=1S/C15H23N3O2/c1-12(2)20-15-11-13(3-4-14(15)16)18-7-5-17(6-8-18)9-10-19/h3-4,10-12H,5-9,16H2,1-2H3. The Morgan fingerprint density at radius 2 is 2.00 bits per heavy atom. The van der Waals surface area contributed by atoms with Crippen LogP contribution in [0.5, 0.6) is 5.75 Å². The van der Waals surface area contributed by atoms with Crippen LogP contribution >= 0.6 is 0 Å². The first kappa shape index (κ1) is 14.7. The average Bonchev–Trinajstić information content (AvgIpc) is 2.42. The summed E-state index contributed by atoms with van der Waals surface area (Å²) in [4.78, 5) is 15.0. The maximum absolute atomic E-state index is 10.5. The molecular formula is C15H23N3O2. The Labute approximate surface area is 120 Å². The Hall–Kier alpha value is -1.75. The van der Waals surface area contributed by atoms with Crippen LogP contribution in [-0.4, -0.2) is 50.0 Å². The Morgan fingerprint density at radius 1 is 1.30 bits per heavy atom. The number of piperazine rings is 1. The number of hydrogen-bond acceptors (Lipinski definition) is 5. The molecule has 0 atom stereocenters. The lowest BCUT2D eigenvalue weighted by molar-refractivity contribution is -0.108. The van der Waals surface area contributed by atoms with Gasteiger partial charge in [0.25, 0.3) is 0 Å². The lowest BCUT2D eigenvalue weighted by atomic mass is 10.2. The van der Waals surface area contributed by atoms with E-state index < -0.39 is 0 Å². The molecule has 0 aromatic heterocycles. The van der Waals surface area contributed by atoms with Gasteiger partial charge in [-0.2, -0.15) is 0 Å². The van der Waals surface area contributed by atoms with Crippen LogP contribution in [0, 0.1) is 0 Å². The molecule has 1 aliphatic heterocycles. The summed E-state index contributed by atoms with van der Waals surface area (Å²) in [6.45, 7) is 8.15. The van der Waals surface area contributed by atoms with E-state index in [4.69, 9.17) is 10.5 Å². The van der Waals surface area contributed by atoms with Gasteiger partial charge in [0.15, 0.2) is 0 Å². The van der Waals surface area contributed by atoms with Crippen LogP contribution in [-0.2, 0) is 4.79 Å². The number of ether oxygens (including phenoxy) is 1. The number of benzene rings is 1. The molecule has 0 amide bonds. The molecule has 0 saturated carbocycles. The summed E-state index contributed by atoms with van der Waals surface area (Å²) in [5.41, 5.74) is 7.73. The number of anilines is 2. The van der Waals surface area contributed by atoms with E-state index in [0.717, 1.165) is 43.9 Å². The molecule has 0 aliphatic carbocycles. The fourth-order valence-electron chi connectivity index (χ4n) is 2.37. The molecular weight excluding hydrogens is 254 g/mol. The molecule has 5 heteroatoms.